The predicted molar refractivity (Wildman–Crippen MR) is 77.3 cm³/mol. The number of aryl methyl sites for hydroxylation is 2. The summed E-state index contributed by atoms with van der Waals surface area (Å²) in [5.41, 5.74) is 2.99. The van der Waals surface area contributed by atoms with Crippen molar-refractivity contribution in [2.45, 2.75) is 13.8 Å². The van der Waals surface area contributed by atoms with Crippen LogP contribution in [-0.4, -0.2) is 17.0 Å². The number of carboxylic acids is 1. The summed E-state index contributed by atoms with van der Waals surface area (Å²) < 4.78 is 0. The second-order valence-electron chi connectivity index (χ2n) is 4.60. The molecule has 0 spiro atoms. The Labute approximate surface area is 117 Å². The van der Waals surface area contributed by atoms with E-state index in [2.05, 4.69) is 5.32 Å². The first-order valence-corrected chi connectivity index (χ1v) is 6.20. The van der Waals surface area contributed by atoms with Crippen molar-refractivity contribution >= 4 is 17.6 Å². The van der Waals surface area contributed by atoms with Gasteiger partial charge < -0.3 is 10.4 Å². The molecule has 0 heterocycles. The van der Waals surface area contributed by atoms with Crippen molar-refractivity contribution in [3.8, 4) is 0 Å². The summed E-state index contributed by atoms with van der Waals surface area (Å²) in [6, 6.07) is 11.7. The Balaban J connectivity index is 2.28. The zero-order chi connectivity index (χ0) is 14.7. The molecule has 2 aromatic carbocycles. The van der Waals surface area contributed by atoms with E-state index in [-0.39, 0.29) is 11.1 Å². The highest BCUT2D eigenvalue weighted by atomic mass is 16.4. The molecule has 0 aliphatic carbocycles. The molecule has 20 heavy (non-hydrogen) atoms. The van der Waals surface area contributed by atoms with Crippen molar-refractivity contribution in [2.24, 2.45) is 0 Å². The number of aromatic carboxylic acids is 1. The van der Waals surface area contributed by atoms with Crippen LogP contribution in [0.5, 0.6) is 0 Å². The van der Waals surface area contributed by atoms with Crippen molar-refractivity contribution in [1.29, 1.82) is 0 Å². The molecular formula is C16H15NO3. The van der Waals surface area contributed by atoms with E-state index < -0.39 is 11.9 Å². The molecule has 0 saturated carbocycles. The van der Waals surface area contributed by atoms with Gasteiger partial charge in [-0.2, -0.15) is 0 Å². The summed E-state index contributed by atoms with van der Waals surface area (Å²) in [7, 11) is 0. The van der Waals surface area contributed by atoms with E-state index in [9.17, 15) is 9.59 Å². The van der Waals surface area contributed by atoms with Crippen LogP contribution in [0.3, 0.4) is 0 Å². The number of carboxylic acid groups (broad SMARTS) is 1. The predicted octanol–water partition coefficient (Wildman–Crippen LogP) is 3.25. The largest absolute Gasteiger partial charge is 0.478 e. The highest BCUT2D eigenvalue weighted by Gasteiger charge is 2.15. The van der Waals surface area contributed by atoms with Crippen LogP contribution in [-0.2, 0) is 0 Å². The van der Waals surface area contributed by atoms with Gasteiger partial charge in [-0.15, -0.1) is 0 Å². The maximum atomic E-state index is 12.2. The molecule has 2 rings (SSSR count). The fourth-order valence-corrected chi connectivity index (χ4v) is 1.89. The minimum atomic E-state index is -1.11. The Morgan fingerprint density at radius 2 is 1.60 bits per heavy atom. The van der Waals surface area contributed by atoms with Gasteiger partial charge in [-0.05, 0) is 49.2 Å². The number of carbonyl (C=O) groups excluding carboxylic acids is 1. The zero-order valence-corrected chi connectivity index (χ0v) is 11.3. The molecule has 0 atom stereocenters. The number of amides is 1. The third kappa shape index (κ3) is 2.85. The molecule has 0 aliphatic rings. The third-order valence-electron chi connectivity index (χ3n) is 3.17. The first kappa shape index (κ1) is 13.8. The normalized spacial score (nSPS) is 10.1. The van der Waals surface area contributed by atoms with Crippen LogP contribution in [0.15, 0.2) is 42.5 Å². The van der Waals surface area contributed by atoms with Crippen molar-refractivity contribution in [3.63, 3.8) is 0 Å². The van der Waals surface area contributed by atoms with Gasteiger partial charge in [0.05, 0.1) is 11.1 Å². The summed E-state index contributed by atoms with van der Waals surface area (Å²) in [4.78, 5) is 23.3. The van der Waals surface area contributed by atoms with Gasteiger partial charge in [0.2, 0.25) is 0 Å². The van der Waals surface area contributed by atoms with Gasteiger partial charge in [0, 0.05) is 5.69 Å². The van der Waals surface area contributed by atoms with E-state index in [1.807, 2.05) is 26.0 Å². The van der Waals surface area contributed by atoms with E-state index in [1.165, 1.54) is 12.1 Å². The smallest absolute Gasteiger partial charge is 0.336 e. The van der Waals surface area contributed by atoms with Crippen molar-refractivity contribution in [2.75, 3.05) is 5.32 Å². The van der Waals surface area contributed by atoms with E-state index in [1.54, 1.807) is 18.2 Å². The van der Waals surface area contributed by atoms with Crippen molar-refractivity contribution in [3.05, 3.63) is 64.7 Å². The van der Waals surface area contributed by atoms with Gasteiger partial charge in [0.15, 0.2) is 0 Å². The zero-order valence-electron chi connectivity index (χ0n) is 11.3. The van der Waals surface area contributed by atoms with E-state index in [4.69, 9.17) is 5.11 Å². The van der Waals surface area contributed by atoms with Gasteiger partial charge in [0.25, 0.3) is 5.91 Å². The average Bonchev–Trinajstić information content (AvgIpc) is 2.43. The lowest BCUT2D eigenvalue weighted by molar-refractivity contribution is 0.0692. The second-order valence-corrected chi connectivity index (χ2v) is 4.60. The number of carbonyl (C=O) groups is 2. The van der Waals surface area contributed by atoms with Crippen LogP contribution >= 0.6 is 0 Å². The molecular weight excluding hydrogens is 254 g/mol. The van der Waals surface area contributed by atoms with Gasteiger partial charge >= 0.3 is 5.97 Å². The van der Waals surface area contributed by atoms with Crippen LogP contribution in [0, 0.1) is 13.8 Å². The fourth-order valence-electron chi connectivity index (χ4n) is 1.89. The maximum Gasteiger partial charge on any atom is 0.336 e. The topological polar surface area (TPSA) is 66.4 Å². The fraction of sp³-hybridized carbons (Fsp3) is 0.125. The molecule has 2 N–H and O–H groups in total. The second kappa shape index (κ2) is 5.57. The summed E-state index contributed by atoms with van der Waals surface area (Å²) in [6.45, 7) is 3.94. The molecule has 0 fully saturated rings. The summed E-state index contributed by atoms with van der Waals surface area (Å²) >= 11 is 0. The van der Waals surface area contributed by atoms with E-state index in [0.717, 1.165) is 11.1 Å². The Morgan fingerprint density at radius 3 is 2.20 bits per heavy atom. The highest BCUT2D eigenvalue weighted by Crippen LogP contribution is 2.16. The van der Waals surface area contributed by atoms with Crippen LogP contribution in [0.25, 0.3) is 0 Å². The molecule has 0 bridgehead atoms. The molecule has 2 aromatic rings. The number of hydrogen-bond donors (Lipinski definition) is 2. The first-order valence-electron chi connectivity index (χ1n) is 6.20. The average molecular weight is 269 g/mol. The number of benzene rings is 2. The molecule has 4 nitrogen and oxygen atoms in total. The number of nitrogens with one attached hydrogen (secondary N) is 1. The Kier molecular flexibility index (Phi) is 3.84. The van der Waals surface area contributed by atoms with Gasteiger partial charge in [-0.1, -0.05) is 18.2 Å². The van der Waals surface area contributed by atoms with Crippen molar-refractivity contribution < 1.29 is 14.7 Å². The Hall–Kier alpha value is -2.62. The highest BCUT2D eigenvalue weighted by molar-refractivity contribution is 6.10. The molecule has 1 amide bonds. The molecule has 0 aromatic heterocycles. The number of rotatable bonds is 3. The van der Waals surface area contributed by atoms with Crippen LogP contribution < -0.4 is 5.32 Å². The van der Waals surface area contributed by atoms with Gasteiger partial charge in [-0.25, -0.2) is 4.79 Å². The van der Waals surface area contributed by atoms with Gasteiger partial charge in [-0.3, -0.25) is 4.79 Å². The lowest BCUT2D eigenvalue weighted by Gasteiger charge is -2.09. The standard InChI is InChI=1S/C16H15NO3/c1-10-7-8-12(9-11(10)2)17-15(18)13-5-3-4-6-14(13)16(19)20/h3-9H,1-2H3,(H,17,18)(H,19,20). The molecule has 0 unspecified atom stereocenters. The van der Waals surface area contributed by atoms with Crippen LogP contribution in [0.4, 0.5) is 5.69 Å². The van der Waals surface area contributed by atoms with E-state index in [0.29, 0.717) is 5.69 Å². The van der Waals surface area contributed by atoms with Crippen LogP contribution in [0.1, 0.15) is 31.8 Å². The third-order valence-corrected chi connectivity index (χ3v) is 3.17. The minimum Gasteiger partial charge on any atom is -0.478 e. The lowest BCUT2D eigenvalue weighted by Crippen LogP contribution is -2.16. The summed E-state index contributed by atoms with van der Waals surface area (Å²) in [5.74, 6) is -1.54. The Morgan fingerprint density at radius 1 is 0.950 bits per heavy atom. The SMILES string of the molecule is Cc1ccc(NC(=O)c2ccccc2C(=O)O)cc1C. The summed E-state index contributed by atoms with van der Waals surface area (Å²) in [6.07, 6.45) is 0. The minimum absolute atomic E-state index is 0.00571. The molecule has 4 heteroatoms. The molecule has 0 aliphatic heterocycles. The first-order chi connectivity index (χ1) is 9.49. The van der Waals surface area contributed by atoms with Crippen molar-refractivity contribution in [1.82, 2.24) is 0 Å². The molecule has 0 radical (unpaired) electrons. The van der Waals surface area contributed by atoms with E-state index >= 15 is 0 Å². The quantitative estimate of drug-likeness (QED) is 0.898. The van der Waals surface area contributed by atoms with Crippen LogP contribution in [0.2, 0.25) is 0 Å². The molecule has 102 valence electrons. The summed E-state index contributed by atoms with van der Waals surface area (Å²) in [5, 5.41) is 11.8. The maximum absolute atomic E-state index is 12.2. The number of anilines is 1. The number of hydrogen-bond acceptors (Lipinski definition) is 2. The lowest BCUT2D eigenvalue weighted by atomic mass is 10.1. The van der Waals surface area contributed by atoms with Gasteiger partial charge in [0.1, 0.15) is 0 Å². The monoisotopic (exact) mass is 269 g/mol. The Bertz CT molecular complexity index is 677. The molecule has 0 saturated heterocycles.